The highest BCUT2D eigenvalue weighted by Crippen LogP contribution is 2.30. The Kier molecular flexibility index (Phi) is 11.0. The van der Waals surface area contributed by atoms with Crippen LogP contribution in [0.1, 0.15) is 20.8 Å². The highest BCUT2D eigenvalue weighted by atomic mass is 16.7. The van der Waals surface area contributed by atoms with E-state index in [1.807, 2.05) is 0 Å². The van der Waals surface area contributed by atoms with Gasteiger partial charge in [-0.15, -0.1) is 0 Å². The van der Waals surface area contributed by atoms with Gasteiger partial charge in [-0.05, 0) is 6.92 Å². The van der Waals surface area contributed by atoms with Crippen LogP contribution in [0.4, 0.5) is 0 Å². The van der Waals surface area contributed by atoms with E-state index in [9.17, 15) is 50.4 Å². The van der Waals surface area contributed by atoms with Gasteiger partial charge < -0.3 is 75.2 Å². The van der Waals surface area contributed by atoms with Gasteiger partial charge in [0.05, 0.1) is 19.3 Å². The third-order valence-electron chi connectivity index (χ3n) is 6.84. The molecule has 0 aliphatic carbocycles. The van der Waals surface area contributed by atoms with Gasteiger partial charge in [0, 0.05) is 13.8 Å². The molecular formula is C22H38N2O15. The lowest BCUT2D eigenvalue weighted by molar-refractivity contribution is -0.340. The first-order valence-corrected chi connectivity index (χ1v) is 12.4. The number of ether oxygens (including phenoxy) is 5. The van der Waals surface area contributed by atoms with Crippen LogP contribution in [0.3, 0.4) is 0 Å². The summed E-state index contributed by atoms with van der Waals surface area (Å²) >= 11 is 0. The molecule has 3 rings (SSSR count). The smallest absolute Gasteiger partial charge is 0.217 e. The molecule has 3 aliphatic heterocycles. The number of aliphatic hydroxyl groups is 8. The van der Waals surface area contributed by atoms with Crippen LogP contribution in [-0.4, -0.2) is 158 Å². The monoisotopic (exact) mass is 570 g/mol. The number of hydrogen-bond donors (Lipinski definition) is 10. The lowest BCUT2D eigenvalue weighted by Gasteiger charge is -2.48. The molecule has 0 aromatic rings. The number of nitrogens with one attached hydrogen (secondary N) is 2. The van der Waals surface area contributed by atoms with Gasteiger partial charge in [-0.2, -0.15) is 0 Å². The number of rotatable bonds is 8. The summed E-state index contributed by atoms with van der Waals surface area (Å²) in [6.07, 6.45) is -19.6. The zero-order valence-corrected chi connectivity index (χ0v) is 21.5. The Balaban J connectivity index is 1.84. The van der Waals surface area contributed by atoms with Gasteiger partial charge in [0.2, 0.25) is 11.8 Å². The van der Waals surface area contributed by atoms with Gasteiger partial charge in [0.1, 0.15) is 67.0 Å². The summed E-state index contributed by atoms with van der Waals surface area (Å²) in [7, 11) is 0. The predicted octanol–water partition coefficient (Wildman–Crippen LogP) is -6.26. The quantitative estimate of drug-likeness (QED) is 0.130. The summed E-state index contributed by atoms with van der Waals surface area (Å²) < 4.78 is 27.9. The van der Waals surface area contributed by atoms with Gasteiger partial charge in [-0.1, -0.05) is 0 Å². The number of carbonyl (C=O) groups excluding carboxylic acids is 2. The molecule has 0 radical (unpaired) electrons. The summed E-state index contributed by atoms with van der Waals surface area (Å²) in [6, 6.07) is -2.80. The SMILES string of the molecule is CC(=O)N[C@@H]1[C@@H](O)[C@H](O[C@@H]2O[C@H](CO)[C@@H](O)[C@H](O)[C@H]2NC(C)=O)[C@@H](CO[C@@H]2O[C@@H](C)[C@@H](O)[C@@H](O)[C@@H]2O)O[C@H]1O. The Morgan fingerprint density at radius 3 is 1.92 bits per heavy atom. The fraction of sp³-hybridized carbons (Fsp3) is 0.909. The van der Waals surface area contributed by atoms with E-state index in [1.54, 1.807) is 0 Å². The molecule has 226 valence electrons. The molecule has 2 amide bonds. The van der Waals surface area contributed by atoms with Crippen molar-refractivity contribution in [2.75, 3.05) is 13.2 Å². The lowest BCUT2D eigenvalue weighted by Crippen LogP contribution is -2.69. The van der Waals surface area contributed by atoms with Crippen LogP contribution in [0.15, 0.2) is 0 Å². The van der Waals surface area contributed by atoms with Crippen molar-refractivity contribution in [1.29, 1.82) is 0 Å². The third kappa shape index (κ3) is 7.20. The molecule has 17 heteroatoms. The van der Waals surface area contributed by atoms with Crippen LogP contribution in [-0.2, 0) is 33.3 Å². The fourth-order valence-corrected chi connectivity index (χ4v) is 4.71. The maximum Gasteiger partial charge on any atom is 0.217 e. The number of aliphatic hydroxyl groups excluding tert-OH is 8. The van der Waals surface area contributed by atoms with Crippen LogP contribution in [0, 0.1) is 0 Å². The van der Waals surface area contributed by atoms with Crippen LogP contribution < -0.4 is 10.6 Å². The molecule has 0 unspecified atom stereocenters. The minimum absolute atomic E-state index is 0.547. The molecule has 0 aromatic heterocycles. The first-order chi connectivity index (χ1) is 18.3. The van der Waals surface area contributed by atoms with Gasteiger partial charge in [-0.3, -0.25) is 9.59 Å². The second-order valence-electron chi connectivity index (χ2n) is 9.83. The Morgan fingerprint density at radius 1 is 0.718 bits per heavy atom. The molecule has 39 heavy (non-hydrogen) atoms. The number of hydrogen-bond acceptors (Lipinski definition) is 15. The number of carbonyl (C=O) groups is 2. The van der Waals surface area contributed by atoms with Crippen molar-refractivity contribution in [2.24, 2.45) is 0 Å². The zero-order valence-electron chi connectivity index (χ0n) is 21.5. The van der Waals surface area contributed by atoms with Crippen LogP contribution in [0.2, 0.25) is 0 Å². The van der Waals surface area contributed by atoms with Crippen molar-refractivity contribution in [3.05, 3.63) is 0 Å². The summed E-state index contributed by atoms with van der Waals surface area (Å²) in [5.41, 5.74) is 0. The summed E-state index contributed by atoms with van der Waals surface area (Å²) in [5.74, 6) is -1.25. The van der Waals surface area contributed by atoms with E-state index in [2.05, 4.69) is 10.6 Å². The first-order valence-electron chi connectivity index (χ1n) is 12.4. The maximum absolute atomic E-state index is 11.8. The molecule has 3 fully saturated rings. The van der Waals surface area contributed by atoms with Crippen LogP contribution in [0.25, 0.3) is 0 Å². The van der Waals surface area contributed by atoms with Crippen molar-refractivity contribution in [1.82, 2.24) is 10.6 Å². The molecule has 15 atom stereocenters. The van der Waals surface area contributed by atoms with E-state index in [0.29, 0.717) is 0 Å². The minimum atomic E-state index is -1.77. The van der Waals surface area contributed by atoms with E-state index >= 15 is 0 Å². The molecule has 0 saturated carbocycles. The van der Waals surface area contributed by atoms with Crippen molar-refractivity contribution in [2.45, 2.75) is 113 Å². The molecule has 3 aliphatic rings. The maximum atomic E-state index is 11.8. The fourth-order valence-electron chi connectivity index (χ4n) is 4.71. The topological polar surface area (TPSA) is 266 Å². The van der Waals surface area contributed by atoms with E-state index in [-0.39, 0.29) is 0 Å². The molecule has 3 heterocycles. The van der Waals surface area contributed by atoms with Crippen LogP contribution in [0.5, 0.6) is 0 Å². The second kappa shape index (κ2) is 13.4. The summed E-state index contributed by atoms with van der Waals surface area (Å²) in [6.45, 7) is 2.42. The molecular weight excluding hydrogens is 532 g/mol. The molecule has 17 nitrogen and oxygen atoms in total. The third-order valence-corrected chi connectivity index (χ3v) is 6.84. The van der Waals surface area contributed by atoms with Gasteiger partial charge in [0.25, 0.3) is 0 Å². The van der Waals surface area contributed by atoms with Crippen LogP contribution >= 0.6 is 0 Å². The Hall–Kier alpha value is -1.58. The largest absolute Gasteiger partial charge is 0.394 e. The molecule has 0 bridgehead atoms. The standard InChI is InChI=1S/C22H38N2O15/c1-6-13(28)17(32)18(33)22(36-6)35-5-10-19(16(31)11(20(34)37-10)23-7(2)26)39-21-12(24-8(3)27)15(30)14(29)9(4-25)38-21/h6,9-22,25,28-34H,4-5H2,1-3H3,(H,23,26)(H,24,27)/t6-,9+,10+,11+,12+,13+,14+,15+,16+,17+,18-,19+,20+,21-,22+/m0/s1. The highest BCUT2D eigenvalue weighted by molar-refractivity contribution is 5.73. The molecule has 10 N–H and O–H groups in total. The normalized spacial score (nSPS) is 46.9. The summed E-state index contributed by atoms with van der Waals surface area (Å²) in [4.78, 5) is 23.4. The van der Waals surface area contributed by atoms with Crippen molar-refractivity contribution in [3.8, 4) is 0 Å². The highest BCUT2D eigenvalue weighted by Gasteiger charge is 2.52. The average Bonchev–Trinajstić information content (AvgIpc) is 2.87. The van der Waals surface area contributed by atoms with Gasteiger partial charge in [-0.25, -0.2) is 0 Å². The predicted molar refractivity (Wildman–Crippen MR) is 123 cm³/mol. The van der Waals surface area contributed by atoms with E-state index < -0.39 is 117 Å². The Morgan fingerprint density at radius 2 is 1.33 bits per heavy atom. The summed E-state index contributed by atoms with van der Waals surface area (Å²) in [5, 5.41) is 86.8. The van der Waals surface area contributed by atoms with Crippen molar-refractivity contribution in [3.63, 3.8) is 0 Å². The average molecular weight is 571 g/mol. The van der Waals surface area contributed by atoms with Crippen molar-refractivity contribution >= 4 is 11.8 Å². The molecule has 0 spiro atoms. The van der Waals surface area contributed by atoms with E-state index in [1.165, 1.54) is 6.92 Å². The van der Waals surface area contributed by atoms with Gasteiger partial charge >= 0.3 is 0 Å². The Labute approximate surface area is 223 Å². The molecule has 0 aromatic carbocycles. The second-order valence-corrected chi connectivity index (χ2v) is 9.83. The van der Waals surface area contributed by atoms with Gasteiger partial charge in [0.15, 0.2) is 18.9 Å². The Bertz CT molecular complexity index is 837. The number of amides is 2. The first kappa shape index (κ1) is 31.9. The minimum Gasteiger partial charge on any atom is -0.394 e. The molecule has 3 saturated heterocycles. The van der Waals surface area contributed by atoms with E-state index in [4.69, 9.17) is 23.7 Å². The van der Waals surface area contributed by atoms with E-state index in [0.717, 1.165) is 13.8 Å². The van der Waals surface area contributed by atoms with Crippen molar-refractivity contribution < 1.29 is 74.1 Å². The lowest BCUT2D eigenvalue weighted by atomic mass is 9.94. The zero-order chi connectivity index (χ0) is 29.2.